The second kappa shape index (κ2) is 5.67. The molecule has 2 unspecified atom stereocenters. The van der Waals surface area contributed by atoms with Crippen molar-refractivity contribution in [2.45, 2.75) is 64.0 Å². The van der Waals surface area contributed by atoms with Gasteiger partial charge < -0.3 is 10.6 Å². The van der Waals surface area contributed by atoms with Crippen LogP contribution in [0.2, 0.25) is 0 Å². The number of amides is 1. The summed E-state index contributed by atoms with van der Waals surface area (Å²) in [7, 11) is 0. The van der Waals surface area contributed by atoms with E-state index in [-0.39, 0.29) is 11.9 Å². The van der Waals surface area contributed by atoms with E-state index in [9.17, 15) is 4.79 Å². The number of carbonyl (C=O) groups excluding carboxylic acids is 1. The minimum absolute atomic E-state index is 0.0538. The van der Waals surface area contributed by atoms with Crippen molar-refractivity contribution in [1.29, 1.82) is 0 Å². The van der Waals surface area contributed by atoms with E-state index in [1.54, 1.807) is 0 Å². The fourth-order valence-corrected chi connectivity index (χ4v) is 3.01. The summed E-state index contributed by atoms with van der Waals surface area (Å²) in [6.07, 6.45) is 8.70. The van der Waals surface area contributed by atoms with E-state index in [0.717, 1.165) is 31.7 Å². The van der Waals surface area contributed by atoms with Gasteiger partial charge in [-0.1, -0.05) is 12.8 Å². The maximum Gasteiger partial charge on any atom is 0.237 e. The third kappa shape index (κ3) is 2.97. The van der Waals surface area contributed by atoms with Crippen LogP contribution in [0.3, 0.4) is 0 Å². The first kappa shape index (κ1) is 11.9. The van der Waals surface area contributed by atoms with Crippen LogP contribution in [0.5, 0.6) is 0 Å². The zero-order valence-electron chi connectivity index (χ0n) is 10.3. The van der Waals surface area contributed by atoms with Crippen LogP contribution in [-0.2, 0) is 4.79 Å². The fraction of sp³-hybridized carbons (Fsp3) is 0.923. The minimum Gasteiger partial charge on any atom is -0.355 e. The van der Waals surface area contributed by atoms with Crippen LogP contribution in [0.4, 0.5) is 0 Å². The van der Waals surface area contributed by atoms with Gasteiger partial charge in [0.2, 0.25) is 5.91 Å². The maximum absolute atomic E-state index is 11.8. The van der Waals surface area contributed by atoms with E-state index in [1.807, 2.05) is 0 Å². The summed E-state index contributed by atoms with van der Waals surface area (Å²) < 4.78 is 0. The van der Waals surface area contributed by atoms with E-state index < -0.39 is 0 Å². The molecule has 0 spiro atoms. The van der Waals surface area contributed by atoms with Crippen molar-refractivity contribution < 1.29 is 4.79 Å². The highest BCUT2D eigenvalue weighted by molar-refractivity contribution is 5.81. The summed E-state index contributed by atoms with van der Waals surface area (Å²) in [6.45, 7) is 3.10. The molecular formula is C13H24N2O. The summed E-state index contributed by atoms with van der Waals surface area (Å²) in [5.41, 5.74) is 0. The average Bonchev–Trinajstić information content (AvgIpc) is 2.73. The summed E-state index contributed by atoms with van der Waals surface area (Å²) >= 11 is 0. The van der Waals surface area contributed by atoms with Crippen molar-refractivity contribution >= 4 is 5.91 Å². The number of rotatable bonds is 3. The van der Waals surface area contributed by atoms with Crippen molar-refractivity contribution in [3.63, 3.8) is 0 Å². The SMILES string of the molecule is CC(NC1CCCCNC1=O)C1CCCC1. The molecule has 2 N–H and O–H groups in total. The van der Waals surface area contributed by atoms with Gasteiger partial charge in [0, 0.05) is 12.6 Å². The van der Waals surface area contributed by atoms with Crippen molar-refractivity contribution in [1.82, 2.24) is 10.6 Å². The lowest BCUT2D eigenvalue weighted by Crippen LogP contribution is -2.48. The van der Waals surface area contributed by atoms with Crippen LogP contribution >= 0.6 is 0 Å². The van der Waals surface area contributed by atoms with E-state index in [2.05, 4.69) is 17.6 Å². The standard InChI is InChI=1S/C13H24N2O/c1-10(11-6-2-3-7-11)15-12-8-4-5-9-14-13(12)16/h10-12,15H,2-9H2,1H3,(H,14,16). The molecule has 1 saturated carbocycles. The number of carbonyl (C=O) groups is 1. The Morgan fingerprint density at radius 2 is 1.88 bits per heavy atom. The highest BCUT2D eigenvalue weighted by Gasteiger charge is 2.27. The third-order valence-corrected chi connectivity index (χ3v) is 4.11. The highest BCUT2D eigenvalue weighted by Crippen LogP contribution is 2.27. The van der Waals surface area contributed by atoms with Crippen LogP contribution in [-0.4, -0.2) is 24.5 Å². The molecular weight excluding hydrogens is 200 g/mol. The molecule has 0 aromatic heterocycles. The third-order valence-electron chi connectivity index (χ3n) is 4.11. The molecule has 2 aliphatic rings. The number of hydrogen-bond donors (Lipinski definition) is 2. The second-order valence-corrected chi connectivity index (χ2v) is 5.34. The normalized spacial score (nSPS) is 29.8. The molecule has 0 radical (unpaired) electrons. The molecule has 2 rings (SSSR count). The van der Waals surface area contributed by atoms with E-state index in [0.29, 0.717) is 6.04 Å². The lowest BCUT2D eigenvalue weighted by molar-refractivity contribution is -0.123. The van der Waals surface area contributed by atoms with Gasteiger partial charge in [-0.05, 0) is 44.9 Å². The number of nitrogens with one attached hydrogen (secondary N) is 2. The zero-order chi connectivity index (χ0) is 11.4. The van der Waals surface area contributed by atoms with Gasteiger partial charge in [0.05, 0.1) is 6.04 Å². The highest BCUT2D eigenvalue weighted by atomic mass is 16.2. The first-order valence-electron chi connectivity index (χ1n) is 6.81. The second-order valence-electron chi connectivity index (χ2n) is 5.34. The molecule has 0 aromatic rings. The van der Waals surface area contributed by atoms with E-state index >= 15 is 0 Å². The largest absolute Gasteiger partial charge is 0.355 e. The topological polar surface area (TPSA) is 41.1 Å². The molecule has 1 aliphatic carbocycles. The zero-order valence-corrected chi connectivity index (χ0v) is 10.3. The van der Waals surface area contributed by atoms with Gasteiger partial charge in [-0.3, -0.25) is 4.79 Å². The summed E-state index contributed by atoms with van der Waals surface area (Å²) in [5.74, 6) is 0.999. The monoisotopic (exact) mass is 224 g/mol. The molecule has 0 bridgehead atoms. The Morgan fingerprint density at radius 1 is 1.19 bits per heavy atom. The van der Waals surface area contributed by atoms with Gasteiger partial charge >= 0.3 is 0 Å². The molecule has 92 valence electrons. The molecule has 3 nitrogen and oxygen atoms in total. The Hall–Kier alpha value is -0.570. The summed E-state index contributed by atoms with van der Waals surface area (Å²) in [4.78, 5) is 11.8. The molecule has 1 aliphatic heterocycles. The average molecular weight is 224 g/mol. The molecule has 1 saturated heterocycles. The van der Waals surface area contributed by atoms with Crippen LogP contribution in [0.15, 0.2) is 0 Å². The Kier molecular flexibility index (Phi) is 4.22. The van der Waals surface area contributed by atoms with Crippen LogP contribution < -0.4 is 10.6 Å². The minimum atomic E-state index is 0.0538. The van der Waals surface area contributed by atoms with Crippen LogP contribution in [0, 0.1) is 5.92 Å². The molecule has 1 amide bonds. The summed E-state index contributed by atoms with van der Waals surface area (Å²) in [6, 6.07) is 0.550. The van der Waals surface area contributed by atoms with Gasteiger partial charge in [-0.25, -0.2) is 0 Å². The quantitative estimate of drug-likeness (QED) is 0.768. The first-order chi connectivity index (χ1) is 7.77. The van der Waals surface area contributed by atoms with Gasteiger partial charge in [-0.2, -0.15) is 0 Å². The predicted octanol–water partition coefficient (Wildman–Crippen LogP) is 1.82. The van der Waals surface area contributed by atoms with Crippen molar-refractivity contribution in [3.8, 4) is 0 Å². The lowest BCUT2D eigenvalue weighted by Gasteiger charge is -2.25. The number of hydrogen-bond acceptors (Lipinski definition) is 2. The smallest absolute Gasteiger partial charge is 0.237 e. The molecule has 1 heterocycles. The Balaban J connectivity index is 1.83. The summed E-state index contributed by atoms with van der Waals surface area (Å²) in [5, 5.41) is 6.53. The van der Waals surface area contributed by atoms with Crippen molar-refractivity contribution in [2.75, 3.05) is 6.54 Å². The molecule has 2 atom stereocenters. The lowest BCUT2D eigenvalue weighted by atomic mass is 9.98. The Morgan fingerprint density at radius 3 is 2.62 bits per heavy atom. The Bertz CT molecular complexity index is 236. The molecule has 2 fully saturated rings. The van der Waals surface area contributed by atoms with Gasteiger partial charge in [0.15, 0.2) is 0 Å². The van der Waals surface area contributed by atoms with Gasteiger partial charge in [0.1, 0.15) is 0 Å². The van der Waals surface area contributed by atoms with Gasteiger partial charge in [-0.15, -0.1) is 0 Å². The van der Waals surface area contributed by atoms with Crippen molar-refractivity contribution in [2.24, 2.45) is 5.92 Å². The molecule has 3 heteroatoms. The Labute approximate surface area is 98.4 Å². The van der Waals surface area contributed by atoms with Gasteiger partial charge in [0.25, 0.3) is 0 Å². The fourth-order valence-electron chi connectivity index (χ4n) is 3.01. The van der Waals surface area contributed by atoms with E-state index in [1.165, 1.54) is 25.7 Å². The van der Waals surface area contributed by atoms with Crippen LogP contribution in [0.25, 0.3) is 0 Å². The molecule has 16 heavy (non-hydrogen) atoms. The predicted molar refractivity (Wildman–Crippen MR) is 65.2 cm³/mol. The first-order valence-corrected chi connectivity index (χ1v) is 6.81. The van der Waals surface area contributed by atoms with E-state index in [4.69, 9.17) is 0 Å². The van der Waals surface area contributed by atoms with Crippen LogP contribution in [0.1, 0.15) is 51.9 Å². The maximum atomic E-state index is 11.8. The molecule has 0 aromatic carbocycles. The van der Waals surface area contributed by atoms with Crippen molar-refractivity contribution in [3.05, 3.63) is 0 Å².